The Labute approximate surface area is 97.3 Å². The van der Waals surface area contributed by atoms with Crippen LogP contribution in [0.15, 0.2) is 16.7 Å². The lowest BCUT2D eigenvalue weighted by Crippen LogP contribution is -2.35. The molecule has 0 spiro atoms. The SMILES string of the molecule is CC1(Nc2ncc(Br)cc2N)CCOC1. The largest absolute Gasteiger partial charge is 0.396 e. The van der Waals surface area contributed by atoms with Gasteiger partial charge in [0.2, 0.25) is 0 Å². The first-order valence-electron chi connectivity index (χ1n) is 4.86. The van der Waals surface area contributed by atoms with Crippen LogP contribution in [0.2, 0.25) is 0 Å². The van der Waals surface area contributed by atoms with Gasteiger partial charge in [0.25, 0.3) is 0 Å². The van der Waals surface area contributed by atoms with Gasteiger partial charge in [0, 0.05) is 17.3 Å². The second-order valence-electron chi connectivity index (χ2n) is 4.08. The molecule has 0 aromatic carbocycles. The third-order valence-electron chi connectivity index (χ3n) is 2.52. The summed E-state index contributed by atoms with van der Waals surface area (Å²) in [6.45, 7) is 3.60. The van der Waals surface area contributed by atoms with Crippen LogP contribution in [0.4, 0.5) is 11.5 Å². The molecule has 3 N–H and O–H groups in total. The Balaban J connectivity index is 2.16. The fourth-order valence-electron chi connectivity index (χ4n) is 1.61. The van der Waals surface area contributed by atoms with Gasteiger partial charge < -0.3 is 15.8 Å². The molecule has 0 radical (unpaired) electrons. The van der Waals surface area contributed by atoms with Crippen molar-refractivity contribution in [3.05, 3.63) is 16.7 Å². The van der Waals surface area contributed by atoms with Crippen molar-refractivity contribution in [3.63, 3.8) is 0 Å². The minimum atomic E-state index is -0.0467. The van der Waals surface area contributed by atoms with Gasteiger partial charge in [-0.25, -0.2) is 4.98 Å². The number of hydrogen-bond acceptors (Lipinski definition) is 4. The van der Waals surface area contributed by atoms with E-state index in [-0.39, 0.29) is 5.54 Å². The monoisotopic (exact) mass is 271 g/mol. The Morgan fingerprint density at radius 2 is 2.47 bits per heavy atom. The van der Waals surface area contributed by atoms with Crippen LogP contribution < -0.4 is 11.1 Å². The number of anilines is 2. The fourth-order valence-corrected chi connectivity index (χ4v) is 1.96. The highest BCUT2D eigenvalue weighted by atomic mass is 79.9. The van der Waals surface area contributed by atoms with Gasteiger partial charge in [0.05, 0.1) is 17.8 Å². The summed E-state index contributed by atoms with van der Waals surface area (Å²) >= 11 is 3.33. The van der Waals surface area contributed by atoms with Crippen molar-refractivity contribution in [2.45, 2.75) is 18.9 Å². The molecular formula is C10H14BrN3O. The van der Waals surface area contributed by atoms with E-state index in [2.05, 4.69) is 33.2 Å². The standard InChI is InChI=1S/C10H14BrN3O/c1-10(2-3-15-6-10)14-9-8(12)4-7(11)5-13-9/h4-5H,2-3,6,12H2,1H3,(H,13,14). The summed E-state index contributed by atoms with van der Waals surface area (Å²) in [6.07, 6.45) is 2.71. The zero-order valence-electron chi connectivity index (χ0n) is 8.59. The molecule has 15 heavy (non-hydrogen) atoms. The van der Waals surface area contributed by atoms with Crippen molar-refractivity contribution in [1.29, 1.82) is 0 Å². The molecule has 2 heterocycles. The molecule has 0 aliphatic carbocycles. The van der Waals surface area contributed by atoms with Crippen LogP contribution in [-0.4, -0.2) is 23.7 Å². The summed E-state index contributed by atoms with van der Waals surface area (Å²) in [7, 11) is 0. The van der Waals surface area contributed by atoms with Crippen molar-refractivity contribution in [2.24, 2.45) is 0 Å². The van der Waals surface area contributed by atoms with E-state index in [0.29, 0.717) is 12.3 Å². The second-order valence-corrected chi connectivity index (χ2v) is 5.00. The first-order chi connectivity index (χ1) is 7.09. The predicted molar refractivity (Wildman–Crippen MR) is 63.8 cm³/mol. The quantitative estimate of drug-likeness (QED) is 0.864. The number of nitrogens with one attached hydrogen (secondary N) is 1. The number of aromatic nitrogens is 1. The summed E-state index contributed by atoms with van der Waals surface area (Å²) in [4.78, 5) is 4.25. The van der Waals surface area contributed by atoms with Gasteiger partial charge in [0.1, 0.15) is 5.82 Å². The molecule has 0 saturated carbocycles. The molecular weight excluding hydrogens is 258 g/mol. The van der Waals surface area contributed by atoms with Crippen LogP contribution >= 0.6 is 15.9 Å². The molecule has 1 aromatic rings. The molecule has 5 heteroatoms. The third-order valence-corrected chi connectivity index (χ3v) is 2.96. The normalized spacial score (nSPS) is 25.5. The lowest BCUT2D eigenvalue weighted by Gasteiger charge is -2.24. The molecule has 2 rings (SSSR count). The molecule has 4 nitrogen and oxygen atoms in total. The minimum Gasteiger partial charge on any atom is -0.396 e. The Morgan fingerprint density at radius 1 is 1.67 bits per heavy atom. The van der Waals surface area contributed by atoms with Crippen molar-refractivity contribution in [1.82, 2.24) is 4.98 Å². The highest BCUT2D eigenvalue weighted by molar-refractivity contribution is 9.10. The average Bonchev–Trinajstić information content (AvgIpc) is 2.58. The van der Waals surface area contributed by atoms with Gasteiger partial charge in [-0.1, -0.05) is 0 Å². The van der Waals surface area contributed by atoms with E-state index in [9.17, 15) is 0 Å². The molecule has 1 aliphatic rings. The van der Waals surface area contributed by atoms with E-state index in [0.717, 1.165) is 23.3 Å². The molecule has 0 amide bonds. The van der Waals surface area contributed by atoms with E-state index < -0.39 is 0 Å². The number of ether oxygens (including phenoxy) is 1. The molecule has 1 fully saturated rings. The molecule has 1 atom stereocenters. The average molecular weight is 272 g/mol. The highest BCUT2D eigenvalue weighted by Crippen LogP contribution is 2.27. The van der Waals surface area contributed by atoms with E-state index in [1.807, 2.05) is 6.07 Å². The lowest BCUT2D eigenvalue weighted by atomic mass is 10.0. The zero-order valence-corrected chi connectivity index (χ0v) is 10.2. The molecule has 0 bridgehead atoms. The number of hydrogen-bond donors (Lipinski definition) is 2. The topological polar surface area (TPSA) is 60.2 Å². The Morgan fingerprint density at radius 3 is 3.07 bits per heavy atom. The number of rotatable bonds is 2. The maximum absolute atomic E-state index is 5.86. The van der Waals surface area contributed by atoms with Crippen LogP contribution in [0.5, 0.6) is 0 Å². The van der Waals surface area contributed by atoms with Crippen molar-refractivity contribution >= 4 is 27.4 Å². The van der Waals surface area contributed by atoms with E-state index in [4.69, 9.17) is 10.5 Å². The van der Waals surface area contributed by atoms with Crippen LogP contribution in [0.1, 0.15) is 13.3 Å². The van der Waals surface area contributed by atoms with Crippen LogP contribution in [0.3, 0.4) is 0 Å². The molecule has 82 valence electrons. The van der Waals surface area contributed by atoms with Gasteiger partial charge in [-0.2, -0.15) is 0 Å². The second kappa shape index (κ2) is 3.98. The summed E-state index contributed by atoms with van der Waals surface area (Å²) in [5.74, 6) is 0.728. The van der Waals surface area contributed by atoms with Gasteiger partial charge in [-0.3, -0.25) is 0 Å². The fraction of sp³-hybridized carbons (Fsp3) is 0.500. The third kappa shape index (κ3) is 2.41. The Bertz CT molecular complexity index is 364. The number of halogens is 1. The van der Waals surface area contributed by atoms with Crippen molar-refractivity contribution < 1.29 is 4.74 Å². The number of nitrogen functional groups attached to an aromatic ring is 1. The minimum absolute atomic E-state index is 0.0467. The van der Waals surface area contributed by atoms with Crippen molar-refractivity contribution in [2.75, 3.05) is 24.3 Å². The van der Waals surface area contributed by atoms with E-state index in [1.54, 1.807) is 6.20 Å². The maximum Gasteiger partial charge on any atom is 0.149 e. The van der Waals surface area contributed by atoms with E-state index in [1.165, 1.54) is 0 Å². The molecule has 1 aromatic heterocycles. The number of nitrogens with two attached hydrogens (primary N) is 1. The van der Waals surface area contributed by atoms with E-state index >= 15 is 0 Å². The van der Waals surface area contributed by atoms with Gasteiger partial charge in [0.15, 0.2) is 0 Å². The predicted octanol–water partition coefficient (Wildman–Crippen LogP) is 2.02. The number of nitrogens with zero attached hydrogens (tertiary/aromatic N) is 1. The summed E-state index contributed by atoms with van der Waals surface area (Å²) in [6, 6.07) is 1.84. The smallest absolute Gasteiger partial charge is 0.149 e. The van der Waals surface area contributed by atoms with Crippen LogP contribution in [0.25, 0.3) is 0 Å². The summed E-state index contributed by atoms with van der Waals surface area (Å²) < 4.78 is 6.24. The lowest BCUT2D eigenvalue weighted by molar-refractivity contribution is 0.185. The van der Waals surface area contributed by atoms with Crippen molar-refractivity contribution in [3.8, 4) is 0 Å². The highest BCUT2D eigenvalue weighted by Gasteiger charge is 2.30. The zero-order chi connectivity index (χ0) is 10.9. The summed E-state index contributed by atoms with van der Waals surface area (Å²) in [5, 5.41) is 3.33. The molecule has 1 aliphatic heterocycles. The molecule has 1 unspecified atom stereocenters. The number of pyridine rings is 1. The van der Waals surface area contributed by atoms with Crippen LogP contribution in [0, 0.1) is 0 Å². The maximum atomic E-state index is 5.86. The van der Waals surface area contributed by atoms with Gasteiger partial charge >= 0.3 is 0 Å². The Hall–Kier alpha value is -0.810. The Kier molecular flexibility index (Phi) is 2.84. The summed E-state index contributed by atoms with van der Waals surface area (Å²) in [5.41, 5.74) is 6.47. The van der Waals surface area contributed by atoms with Gasteiger partial charge in [-0.15, -0.1) is 0 Å². The van der Waals surface area contributed by atoms with Gasteiger partial charge in [-0.05, 0) is 35.3 Å². The van der Waals surface area contributed by atoms with Crippen LogP contribution in [-0.2, 0) is 4.74 Å². The first-order valence-corrected chi connectivity index (χ1v) is 5.65. The molecule has 1 saturated heterocycles. The first kappa shape index (κ1) is 10.7.